The van der Waals surface area contributed by atoms with Gasteiger partial charge in [-0.2, -0.15) is 0 Å². The van der Waals surface area contributed by atoms with E-state index in [9.17, 15) is 4.39 Å². The second-order valence-electron chi connectivity index (χ2n) is 7.14. The van der Waals surface area contributed by atoms with Crippen molar-refractivity contribution < 1.29 is 8.96 Å². The Morgan fingerprint density at radius 3 is 2.54 bits per heavy atom. The van der Waals surface area contributed by atoms with Gasteiger partial charge >= 0.3 is 0 Å². The van der Waals surface area contributed by atoms with Crippen molar-refractivity contribution in [2.24, 2.45) is 7.05 Å². The lowest BCUT2D eigenvalue weighted by atomic mass is 9.99. The molecule has 3 aromatic carbocycles. The van der Waals surface area contributed by atoms with Crippen LogP contribution in [0.2, 0.25) is 0 Å². The summed E-state index contributed by atoms with van der Waals surface area (Å²) in [6, 6.07) is 18.2. The molecule has 6 rings (SSSR count). The Morgan fingerprint density at radius 2 is 1.65 bits per heavy atom. The molecule has 0 amide bonds. The number of benzene rings is 3. The predicted molar refractivity (Wildman–Crippen MR) is 104 cm³/mol. The van der Waals surface area contributed by atoms with Gasteiger partial charge in [-0.3, -0.25) is 0 Å². The van der Waals surface area contributed by atoms with Gasteiger partial charge in [-0.05, 0) is 30.7 Å². The Bertz CT molecular complexity index is 1510. The Hall–Kier alpha value is -3.20. The quantitative estimate of drug-likeness (QED) is 0.203. The number of halogens is 1. The van der Waals surface area contributed by atoms with Crippen LogP contribution in [0.25, 0.3) is 49.0 Å². The van der Waals surface area contributed by atoms with Gasteiger partial charge in [-0.1, -0.05) is 30.3 Å². The van der Waals surface area contributed by atoms with Crippen LogP contribution in [0, 0.1) is 12.7 Å². The number of hydrogen-bond acceptors (Lipinski definition) is 0. The van der Waals surface area contributed by atoms with Gasteiger partial charge in [0.15, 0.2) is 6.20 Å². The number of hydrogen-bond donors (Lipinski definition) is 0. The molecule has 124 valence electrons. The van der Waals surface area contributed by atoms with Gasteiger partial charge in [-0.25, -0.2) is 8.96 Å². The first-order chi connectivity index (χ1) is 12.7. The SMILES string of the molecule is Cc1ccc2c3ccccc3n3c4ccc(F)c5cc[n+](C)c(c1c23)c54. The molecule has 0 aliphatic carbocycles. The minimum atomic E-state index is -0.171. The van der Waals surface area contributed by atoms with Crippen LogP contribution in [0.3, 0.4) is 0 Å². The Kier molecular flexibility index (Phi) is 2.42. The molecule has 0 saturated carbocycles. The van der Waals surface area contributed by atoms with Crippen molar-refractivity contribution in [3.8, 4) is 0 Å². The second-order valence-corrected chi connectivity index (χ2v) is 7.14. The summed E-state index contributed by atoms with van der Waals surface area (Å²) in [4.78, 5) is 0. The van der Waals surface area contributed by atoms with Gasteiger partial charge < -0.3 is 4.40 Å². The van der Waals surface area contributed by atoms with E-state index < -0.39 is 0 Å². The lowest BCUT2D eigenvalue weighted by Crippen LogP contribution is -2.29. The molecule has 6 aromatic rings. The number of rotatable bonds is 0. The summed E-state index contributed by atoms with van der Waals surface area (Å²) in [6.45, 7) is 2.14. The summed E-state index contributed by atoms with van der Waals surface area (Å²) in [5, 5.41) is 5.34. The number of para-hydroxylation sites is 1. The molecule has 3 heterocycles. The highest BCUT2D eigenvalue weighted by molar-refractivity contribution is 6.25. The summed E-state index contributed by atoms with van der Waals surface area (Å²) in [5.74, 6) is -0.171. The number of fused-ring (bicyclic) bond motifs is 5. The van der Waals surface area contributed by atoms with E-state index >= 15 is 0 Å². The normalized spacial score (nSPS) is 12.4. The van der Waals surface area contributed by atoms with Crippen molar-refractivity contribution >= 4 is 49.0 Å². The van der Waals surface area contributed by atoms with Crippen molar-refractivity contribution in [1.82, 2.24) is 4.40 Å². The molecule has 0 bridgehead atoms. The van der Waals surface area contributed by atoms with Crippen molar-refractivity contribution in [3.05, 3.63) is 72.2 Å². The predicted octanol–water partition coefficient (Wildman–Crippen LogP) is 5.26. The average molecular weight is 339 g/mol. The molecule has 0 radical (unpaired) electrons. The van der Waals surface area contributed by atoms with Gasteiger partial charge in [-0.15, -0.1) is 0 Å². The monoisotopic (exact) mass is 339 g/mol. The van der Waals surface area contributed by atoms with E-state index in [0.29, 0.717) is 5.39 Å². The zero-order valence-electron chi connectivity index (χ0n) is 14.5. The van der Waals surface area contributed by atoms with E-state index in [-0.39, 0.29) is 5.82 Å². The minimum absolute atomic E-state index is 0.171. The molecular formula is C23H16FN2+. The molecule has 26 heavy (non-hydrogen) atoms. The summed E-state index contributed by atoms with van der Waals surface area (Å²) < 4.78 is 19.1. The zero-order chi connectivity index (χ0) is 17.6. The Balaban J connectivity index is 2.17. The fourth-order valence-electron chi connectivity index (χ4n) is 4.63. The van der Waals surface area contributed by atoms with Crippen LogP contribution in [0.5, 0.6) is 0 Å². The summed E-state index contributed by atoms with van der Waals surface area (Å²) in [7, 11) is 2.04. The molecule has 3 aromatic heterocycles. The molecule has 0 saturated heterocycles. The lowest BCUT2D eigenvalue weighted by Gasteiger charge is -2.12. The molecule has 0 fully saturated rings. The third-order valence-electron chi connectivity index (χ3n) is 5.75. The second kappa shape index (κ2) is 4.50. The smallest absolute Gasteiger partial charge is 0.224 e. The van der Waals surface area contributed by atoms with E-state index in [2.05, 4.69) is 52.3 Å². The molecule has 0 spiro atoms. The lowest BCUT2D eigenvalue weighted by molar-refractivity contribution is -0.643. The number of aromatic nitrogens is 2. The number of aryl methyl sites for hydroxylation is 2. The van der Waals surface area contributed by atoms with Crippen molar-refractivity contribution in [2.75, 3.05) is 0 Å². The van der Waals surface area contributed by atoms with E-state index in [1.54, 1.807) is 6.07 Å². The first-order valence-electron chi connectivity index (χ1n) is 8.81. The zero-order valence-corrected chi connectivity index (χ0v) is 14.5. The van der Waals surface area contributed by atoms with Crippen LogP contribution in [0.15, 0.2) is 60.8 Å². The molecule has 3 heteroatoms. The van der Waals surface area contributed by atoms with Crippen LogP contribution < -0.4 is 4.57 Å². The Labute approximate surface area is 149 Å². The highest BCUT2D eigenvalue weighted by Crippen LogP contribution is 2.40. The largest absolute Gasteiger partial charge is 0.307 e. The van der Waals surface area contributed by atoms with Crippen molar-refractivity contribution in [2.45, 2.75) is 6.92 Å². The van der Waals surface area contributed by atoms with Gasteiger partial charge in [0.05, 0.1) is 27.3 Å². The average Bonchev–Trinajstić information content (AvgIpc) is 2.98. The first-order valence-corrected chi connectivity index (χ1v) is 8.81. The van der Waals surface area contributed by atoms with Crippen LogP contribution in [0.1, 0.15) is 5.56 Å². The summed E-state index contributed by atoms with van der Waals surface area (Å²) >= 11 is 0. The van der Waals surface area contributed by atoms with Gasteiger partial charge in [0.1, 0.15) is 12.9 Å². The molecule has 0 N–H and O–H groups in total. The third kappa shape index (κ3) is 1.46. The van der Waals surface area contributed by atoms with Crippen molar-refractivity contribution in [1.29, 1.82) is 0 Å². The minimum Gasteiger partial charge on any atom is -0.307 e. The van der Waals surface area contributed by atoms with Gasteiger partial charge in [0.2, 0.25) is 5.52 Å². The molecule has 0 unspecified atom stereocenters. The third-order valence-corrected chi connectivity index (χ3v) is 5.75. The van der Waals surface area contributed by atoms with E-state index in [1.165, 1.54) is 32.8 Å². The maximum atomic E-state index is 14.6. The number of pyridine rings is 2. The van der Waals surface area contributed by atoms with Crippen LogP contribution >= 0.6 is 0 Å². The van der Waals surface area contributed by atoms with Gasteiger partial charge in [0.25, 0.3) is 0 Å². The van der Waals surface area contributed by atoms with E-state index in [4.69, 9.17) is 0 Å². The highest BCUT2D eigenvalue weighted by Gasteiger charge is 2.24. The summed E-state index contributed by atoms with van der Waals surface area (Å²) in [6.07, 6.45) is 1.96. The van der Waals surface area contributed by atoms with Crippen LogP contribution in [-0.2, 0) is 7.05 Å². The fraction of sp³-hybridized carbons (Fsp3) is 0.0870. The Morgan fingerprint density at radius 1 is 0.808 bits per heavy atom. The maximum Gasteiger partial charge on any atom is 0.224 e. The highest BCUT2D eigenvalue weighted by atomic mass is 19.1. The van der Waals surface area contributed by atoms with Crippen molar-refractivity contribution in [3.63, 3.8) is 0 Å². The fourth-order valence-corrected chi connectivity index (χ4v) is 4.63. The number of nitrogens with zero attached hydrogens (tertiary/aromatic N) is 2. The summed E-state index contributed by atoms with van der Waals surface area (Å²) in [5.41, 5.74) is 5.74. The standard InChI is InChI=1S/C23H16FN2/c1-13-7-8-15-14-5-3-4-6-18(14)26-19-10-9-17(24)16-11-12-25(2)23(21(16)19)20(13)22(15)26/h3-12H,1-2H3/q+1. The molecular weight excluding hydrogens is 323 g/mol. The molecule has 0 aliphatic heterocycles. The van der Waals surface area contributed by atoms with E-state index in [0.717, 1.165) is 16.4 Å². The molecule has 0 aliphatic rings. The molecule has 2 nitrogen and oxygen atoms in total. The van der Waals surface area contributed by atoms with E-state index in [1.807, 2.05) is 25.4 Å². The topological polar surface area (TPSA) is 8.29 Å². The molecule has 0 atom stereocenters. The van der Waals surface area contributed by atoms with Crippen LogP contribution in [0.4, 0.5) is 4.39 Å². The van der Waals surface area contributed by atoms with Crippen LogP contribution in [-0.4, -0.2) is 4.40 Å². The van der Waals surface area contributed by atoms with Gasteiger partial charge in [0, 0.05) is 22.2 Å². The maximum absolute atomic E-state index is 14.6. The first kappa shape index (κ1) is 14.0.